The van der Waals surface area contributed by atoms with Crippen molar-refractivity contribution in [2.24, 2.45) is 5.92 Å². The highest BCUT2D eigenvalue weighted by Gasteiger charge is 2.19. The van der Waals surface area contributed by atoms with E-state index in [1.165, 1.54) is 25.7 Å². The van der Waals surface area contributed by atoms with Crippen molar-refractivity contribution in [1.82, 2.24) is 15.3 Å². The predicted octanol–water partition coefficient (Wildman–Crippen LogP) is 1.60. The summed E-state index contributed by atoms with van der Waals surface area (Å²) in [5, 5.41) is 15.8. The number of aromatic nitrogens is 2. The molecule has 0 spiro atoms. The highest BCUT2D eigenvalue weighted by Crippen LogP contribution is 2.26. The molecule has 1 aliphatic carbocycles. The molecule has 2 N–H and O–H groups in total. The molecule has 1 aliphatic heterocycles. The average molecular weight is 257 g/mol. The molecule has 1 fully saturated rings. The molecule has 0 bridgehead atoms. The Balaban J connectivity index is 1.80. The number of rotatable bonds is 3. The van der Waals surface area contributed by atoms with E-state index < -0.39 is 0 Å². The van der Waals surface area contributed by atoms with Crippen molar-refractivity contribution in [3.05, 3.63) is 17.1 Å². The van der Waals surface area contributed by atoms with Crippen LogP contribution in [-0.4, -0.2) is 23.1 Å². The Labute approximate surface area is 113 Å². The van der Waals surface area contributed by atoms with Gasteiger partial charge in [0.1, 0.15) is 11.9 Å². The van der Waals surface area contributed by atoms with Gasteiger partial charge in [-0.05, 0) is 18.8 Å². The van der Waals surface area contributed by atoms with Crippen molar-refractivity contribution in [2.75, 3.05) is 18.4 Å². The molecule has 0 radical (unpaired) electrons. The quantitative estimate of drug-likeness (QED) is 0.860. The SMILES string of the molecule is N#Cc1nc2c(c(NCC3CCCC3)n1)CNCC2. The summed E-state index contributed by atoms with van der Waals surface area (Å²) in [7, 11) is 0. The fourth-order valence-electron chi connectivity index (χ4n) is 2.99. The second-order valence-corrected chi connectivity index (χ2v) is 5.39. The van der Waals surface area contributed by atoms with E-state index in [2.05, 4.69) is 26.7 Å². The van der Waals surface area contributed by atoms with E-state index >= 15 is 0 Å². The number of nitrogens with one attached hydrogen (secondary N) is 2. The van der Waals surface area contributed by atoms with Crippen LogP contribution in [0.25, 0.3) is 0 Å². The lowest BCUT2D eigenvalue weighted by Crippen LogP contribution is -2.27. The van der Waals surface area contributed by atoms with Crippen LogP contribution in [0, 0.1) is 17.2 Å². The molecule has 100 valence electrons. The molecule has 2 heterocycles. The molecule has 0 aromatic carbocycles. The van der Waals surface area contributed by atoms with Crippen LogP contribution in [0.1, 0.15) is 42.8 Å². The first-order valence-corrected chi connectivity index (χ1v) is 7.11. The van der Waals surface area contributed by atoms with Gasteiger partial charge in [-0.25, -0.2) is 9.97 Å². The fraction of sp³-hybridized carbons (Fsp3) is 0.643. The second-order valence-electron chi connectivity index (χ2n) is 5.39. The molecule has 0 atom stereocenters. The number of nitrogens with zero attached hydrogens (tertiary/aromatic N) is 3. The Morgan fingerprint density at radius 3 is 2.95 bits per heavy atom. The van der Waals surface area contributed by atoms with E-state index in [1.54, 1.807) is 0 Å². The molecule has 19 heavy (non-hydrogen) atoms. The third kappa shape index (κ3) is 2.69. The summed E-state index contributed by atoms with van der Waals surface area (Å²) in [5.74, 6) is 1.91. The third-order valence-electron chi connectivity index (χ3n) is 4.07. The summed E-state index contributed by atoms with van der Waals surface area (Å²) in [6, 6.07) is 2.06. The first-order valence-electron chi connectivity index (χ1n) is 7.11. The summed E-state index contributed by atoms with van der Waals surface area (Å²) in [6.07, 6.45) is 6.19. The zero-order valence-corrected chi connectivity index (χ0v) is 11.1. The lowest BCUT2D eigenvalue weighted by Gasteiger charge is -2.20. The van der Waals surface area contributed by atoms with Gasteiger partial charge in [0.2, 0.25) is 5.82 Å². The molecule has 5 nitrogen and oxygen atoms in total. The maximum absolute atomic E-state index is 9.02. The molecule has 1 saturated carbocycles. The van der Waals surface area contributed by atoms with Crippen molar-refractivity contribution in [3.8, 4) is 6.07 Å². The van der Waals surface area contributed by atoms with Gasteiger partial charge in [0.15, 0.2) is 0 Å². The number of hydrogen-bond acceptors (Lipinski definition) is 5. The van der Waals surface area contributed by atoms with Crippen molar-refractivity contribution in [2.45, 2.75) is 38.6 Å². The molecule has 2 aliphatic rings. The Morgan fingerprint density at radius 2 is 2.16 bits per heavy atom. The van der Waals surface area contributed by atoms with Crippen molar-refractivity contribution >= 4 is 5.82 Å². The predicted molar refractivity (Wildman–Crippen MR) is 72.6 cm³/mol. The van der Waals surface area contributed by atoms with Crippen molar-refractivity contribution < 1.29 is 0 Å². The number of fused-ring (bicyclic) bond motifs is 1. The minimum atomic E-state index is 0.287. The summed E-state index contributed by atoms with van der Waals surface area (Å²) in [5.41, 5.74) is 2.17. The summed E-state index contributed by atoms with van der Waals surface area (Å²) in [6.45, 7) is 2.69. The molecular weight excluding hydrogens is 238 g/mol. The van der Waals surface area contributed by atoms with Gasteiger partial charge in [-0.2, -0.15) is 5.26 Å². The van der Waals surface area contributed by atoms with Gasteiger partial charge >= 0.3 is 0 Å². The maximum Gasteiger partial charge on any atom is 0.234 e. The molecule has 0 unspecified atom stereocenters. The Bertz CT molecular complexity index is 499. The van der Waals surface area contributed by atoms with Gasteiger partial charge in [-0.3, -0.25) is 0 Å². The van der Waals surface area contributed by atoms with Crippen LogP contribution in [0.3, 0.4) is 0 Å². The third-order valence-corrected chi connectivity index (χ3v) is 4.07. The van der Waals surface area contributed by atoms with Crippen LogP contribution in [-0.2, 0) is 13.0 Å². The number of hydrogen-bond donors (Lipinski definition) is 2. The lowest BCUT2D eigenvalue weighted by molar-refractivity contribution is 0.575. The van der Waals surface area contributed by atoms with E-state index in [4.69, 9.17) is 5.26 Å². The molecule has 5 heteroatoms. The molecule has 1 aromatic heterocycles. The number of anilines is 1. The van der Waals surface area contributed by atoms with Crippen LogP contribution < -0.4 is 10.6 Å². The summed E-state index contributed by atoms with van der Waals surface area (Å²) in [4.78, 5) is 8.66. The summed E-state index contributed by atoms with van der Waals surface area (Å²) < 4.78 is 0. The highest BCUT2D eigenvalue weighted by molar-refractivity contribution is 5.49. The van der Waals surface area contributed by atoms with Gasteiger partial charge in [0, 0.05) is 31.6 Å². The van der Waals surface area contributed by atoms with Gasteiger partial charge in [0.05, 0.1) is 5.69 Å². The monoisotopic (exact) mass is 257 g/mol. The van der Waals surface area contributed by atoms with Gasteiger partial charge in [0.25, 0.3) is 0 Å². The van der Waals surface area contributed by atoms with E-state index in [1.807, 2.05) is 0 Å². The highest BCUT2D eigenvalue weighted by atomic mass is 15.1. The molecule has 3 rings (SSSR count). The number of nitriles is 1. The Kier molecular flexibility index (Phi) is 3.60. The molecule has 1 aromatic rings. The minimum absolute atomic E-state index is 0.287. The topological polar surface area (TPSA) is 73.6 Å². The van der Waals surface area contributed by atoms with Gasteiger partial charge in [-0.15, -0.1) is 0 Å². The normalized spacial score (nSPS) is 18.9. The molecule has 0 saturated heterocycles. The van der Waals surface area contributed by atoms with Gasteiger partial charge in [-0.1, -0.05) is 12.8 Å². The van der Waals surface area contributed by atoms with Gasteiger partial charge < -0.3 is 10.6 Å². The fourth-order valence-corrected chi connectivity index (χ4v) is 2.99. The lowest BCUT2D eigenvalue weighted by atomic mass is 10.1. The zero-order valence-electron chi connectivity index (χ0n) is 11.1. The molecule has 0 amide bonds. The standard InChI is InChI=1S/C14H19N5/c15-7-13-18-12-5-6-16-9-11(12)14(19-13)17-8-10-3-1-2-4-10/h10,16H,1-6,8-9H2,(H,17,18,19). The van der Waals surface area contributed by atoms with Crippen LogP contribution in [0.5, 0.6) is 0 Å². The zero-order chi connectivity index (χ0) is 13.1. The second kappa shape index (κ2) is 5.54. The Hall–Kier alpha value is -1.67. The largest absolute Gasteiger partial charge is 0.369 e. The van der Waals surface area contributed by atoms with E-state index in [9.17, 15) is 0 Å². The van der Waals surface area contributed by atoms with E-state index in [0.717, 1.165) is 49.0 Å². The smallest absolute Gasteiger partial charge is 0.234 e. The minimum Gasteiger partial charge on any atom is -0.369 e. The average Bonchev–Trinajstić information content (AvgIpc) is 2.97. The van der Waals surface area contributed by atoms with Crippen molar-refractivity contribution in [1.29, 1.82) is 5.26 Å². The first kappa shape index (κ1) is 12.4. The van der Waals surface area contributed by atoms with E-state index in [-0.39, 0.29) is 5.82 Å². The van der Waals surface area contributed by atoms with E-state index in [0.29, 0.717) is 0 Å². The summed E-state index contributed by atoms with van der Waals surface area (Å²) >= 11 is 0. The maximum atomic E-state index is 9.02. The van der Waals surface area contributed by atoms with Crippen LogP contribution >= 0.6 is 0 Å². The first-order chi connectivity index (χ1) is 9.36. The molecular formula is C14H19N5. The van der Waals surface area contributed by atoms with Crippen LogP contribution in [0.2, 0.25) is 0 Å². The van der Waals surface area contributed by atoms with Crippen molar-refractivity contribution in [3.63, 3.8) is 0 Å². The van der Waals surface area contributed by atoms with Crippen LogP contribution in [0.15, 0.2) is 0 Å². The van der Waals surface area contributed by atoms with Crippen LogP contribution in [0.4, 0.5) is 5.82 Å². The Morgan fingerprint density at radius 1 is 1.32 bits per heavy atom.